The van der Waals surface area contributed by atoms with Gasteiger partial charge in [0.05, 0.1) is 17.2 Å². The smallest absolute Gasteiger partial charge is 0.262 e. The molecule has 1 atom stereocenters. The van der Waals surface area contributed by atoms with Gasteiger partial charge in [0.1, 0.15) is 17.6 Å². The molecule has 0 radical (unpaired) electrons. The van der Waals surface area contributed by atoms with Crippen molar-refractivity contribution in [3.05, 3.63) is 41.5 Å². The number of nitrogens with zero attached hydrogens (tertiary/aromatic N) is 1. The van der Waals surface area contributed by atoms with Crippen molar-refractivity contribution < 1.29 is 22.7 Å². The van der Waals surface area contributed by atoms with E-state index in [4.69, 9.17) is 9.47 Å². The molecule has 0 saturated heterocycles. The third kappa shape index (κ3) is 3.64. The number of benzene rings is 2. The van der Waals surface area contributed by atoms with E-state index in [0.717, 1.165) is 23.2 Å². The number of sulfonamides is 1. The molecule has 1 amide bonds. The summed E-state index contributed by atoms with van der Waals surface area (Å²) in [6, 6.07) is 8.37. The van der Waals surface area contributed by atoms with E-state index >= 15 is 0 Å². The SMILES string of the molecule is CCOc1cc2c(cc1NS(=O)(=O)c1ccc3c(c1)CCN3C(C)=O)O[C@@H](C)C2. The van der Waals surface area contributed by atoms with Crippen molar-refractivity contribution in [3.8, 4) is 11.5 Å². The molecule has 0 saturated carbocycles. The zero-order valence-electron chi connectivity index (χ0n) is 16.7. The Hall–Kier alpha value is -2.74. The van der Waals surface area contributed by atoms with Crippen LogP contribution in [0, 0.1) is 0 Å². The number of carbonyl (C=O) groups excluding carboxylic acids is 1. The summed E-state index contributed by atoms with van der Waals surface area (Å²) in [7, 11) is -3.83. The van der Waals surface area contributed by atoms with Crippen LogP contribution in [0.5, 0.6) is 11.5 Å². The van der Waals surface area contributed by atoms with Crippen LogP contribution in [0.3, 0.4) is 0 Å². The lowest BCUT2D eigenvalue weighted by Gasteiger charge is -2.16. The third-order valence-corrected chi connectivity index (χ3v) is 6.54. The molecular weight excluding hydrogens is 392 g/mol. The topological polar surface area (TPSA) is 84.9 Å². The third-order valence-electron chi connectivity index (χ3n) is 5.18. The summed E-state index contributed by atoms with van der Waals surface area (Å²) in [5, 5.41) is 0. The number of rotatable bonds is 5. The molecule has 29 heavy (non-hydrogen) atoms. The zero-order valence-corrected chi connectivity index (χ0v) is 17.5. The van der Waals surface area contributed by atoms with Gasteiger partial charge in [-0.1, -0.05) is 0 Å². The van der Waals surface area contributed by atoms with Crippen molar-refractivity contribution in [1.82, 2.24) is 0 Å². The second kappa shape index (κ2) is 7.26. The molecule has 0 fully saturated rings. The van der Waals surface area contributed by atoms with Gasteiger partial charge >= 0.3 is 0 Å². The molecular formula is C21H24N2O5S. The number of carbonyl (C=O) groups is 1. The molecule has 2 aliphatic rings. The molecule has 0 bridgehead atoms. The first kappa shape index (κ1) is 19.6. The maximum absolute atomic E-state index is 13.0. The van der Waals surface area contributed by atoms with E-state index < -0.39 is 10.0 Å². The number of amides is 1. The van der Waals surface area contributed by atoms with Gasteiger partial charge in [-0.2, -0.15) is 0 Å². The highest BCUT2D eigenvalue weighted by Crippen LogP contribution is 2.39. The molecule has 0 unspecified atom stereocenters. The van der Waals surface area contributed by atoms with E-state index in [1.807, 2.05) is 19.9 Å². The van der Waals surface area contributed by atoms with Crippen LogP contribution in [0.2, 0.25) is 0 Å². The Labute approximate surface area is 170 Å². The summed E-state index contributed by atoms with van der Waals surface area (Å²) in [6.07, 6.45) is 1.44. The number of ether oxygens (including phenoxy) is 2. The second-order valence-corrected chi connectivity index (χ2v) is 9.02. The Morgan fingerprint density at radius 3 is 2.79 bits per heavy atom. The Bertz CT molecular complexity index is 1080. The molecule has 4 rings (SSSR count). The fourth-order valence-electron chi connectivity index (χ4n) is 3.87. The molecule has 0 spiro atoms. The van der Waals surface area contributed by atoms with Crippen LogP contribution in [0.1, 0.15) is 31.9 Å². The lowest BCUT2D eigenvalue weighted by molar-refractivity contribution is -0.116. The lowest BCUT2D eigenvalue weighted by Crippen LogP contribution is -2.25. The Balaban J connectivity index is 1.66. The zero-order chi connectivity index (χ0) is 20.8. The summed E-state index contributed by atoms with van der Waals surface area (Å²) < 4.78 is 40.2. The summed E-state index contributed by atoms with van der Waals surface area (Å²) in [6.45, 7) is 6.32. The van der Waals surface area contributed by atoms with Crippen LogP contribution in [0.4, 0.5) is 11.4 Å². The van der Waals surface area contributed by atoms with Gasteiger partial charge in [-0.05, 0) is 50.1 Å². The molecule has 2 heterocycles. The molecule has 154 valence electrons. The Morgan fingerprint density at radius 2 is 2.07 bits per heavy atom. The van der Waals surface area contributed by atoms with Crippen LogP contribution < -0.4 is 19.1 Å². The monoisotopic (exact) mass is 416 g/mol. The van der Waals surface area contributed by atoms with Gasteiger partial charge in [0.25, 0.3) is 10.0 Å². The fourth-order valence-corrected chi connectivity index (χ4v) is 4.98. The quantitative estimate of drug-likeness (QED) is 0.810. The summed E-state index contributed by atoms with van der Waals surface area (Å²) in [4.78, 5) is 13.5. The largest absolute Gasteiger partial charge is 0.492 e. The molecule has 7 nitrogen and oxygen atoms in total. The van der Waals surface area contributed by atoms with E-state index in [-0.39, 0.29) is 16.9 Å². The van der Waals surface area contributed by atoms with Crippen LogP contribution in [-0.4, -0.2) is 33.6 Å². The maximum atomic E-state index is 13.0. The summed E-state index contributed by atoms with van der Waals surface area (Å²) in [5.74, 6) is 1.10. The standard InChI is InChI=1S/C21H24N2O5S/c1-4-27-21-11-16-9-13(2)28-20(16)12-18(21)22-29(25,26)17-5-6-19-15(10-17)7-8-23(19)14(3)24/h5-6,10-13,22H,4,7-9H2,1-3H3/t13-/m0/s1. The predicted molar refractivity (Wildman–Crippen MR) is 110 cm³/mol. The summed E-state index contributed by atoms with van der Waals surface area (Å²) >= 11 is 0. The lowest BCUT2D eigenvalue weighted by atomic mass is 10.1. The molecule has 0 aromatic heterocycles. The van der Waals surface area contributed by atoms with Crippen molar-refractivity contribution in [2.75, 3.05) is 22.8 Å². The first-order valence-corrected chi connectivity index (χ1v) is 11.2. The molecule has 2 aromatic carbocycles. The second-order valence-electron chi connectivity index (χ2n) is 7.34. The highest BCUT2D eigenvalue weighted by molar-refractivity contribution is 7.92. The molecule has 0 aliphatic carbocycles. The van der Waals surface area contributed by atoms with Crippen LogP contribution >= 0.6 is 0 Å². The molecule has 2 aliphatic heterocycles. The predicted octanol–water partition coefficient (Wildman–Crippen LogP) is 3.12. The number of anilines is 2. The number of hydrogen-bond donors (Lipinski definition) is 1. The normalized spacial score (nSPS) is 17.5. The van der Waals surface area contributed by atoms with E-state index in [0.29, 0.717) is 36.8 Å². The van der Waals surface area contributed by atoms with Gasteiger partial charge in [0.2, 0.25) is 5.91 Å². The minimum Gasteiger partial charge on any atom is -0.492 e. The van der Waals surface area contributed by atoms with Crippen LogP contribution in [-0.2, 0) is 27.7 Å². The minimum absolute atomic E-state index is 0.0484. The van der Waals surface area contributed by atoms with Gasteiger partial charge in [-0.25, -0.2) is 8.42 Å². The Kier molecular flexibility index (Phi) is 4.90. The van der Waals surface area contributed by atoms with E-state index in [9.17, 15) is 13.2 Å². The fraction of sp³-hybridized carbons (Fsp3) is 0.381. The van der Waals surface area contributed by atoms with Crippen molar-refractivity contribution in [2.45, 2.75) is 44.6 Å². The number of hydrogen-bond acceptors (Lipinski definition) is 5. The molecule has 1 N–H and O–H groups in total. The first-order chi connectivity index (χ1) is 13.8. The first-order valence-electron chi connectivity index (χ1n) is 9.68. The summed E-state index contributed by atoms with van der Waals surface area (Å²) in [5.41, 5.74) is 2.97. The van der Waals surface area contributed by atoms with Crippen molar-refractivity contribution in [3.63, 3.8) is 0 Å². The average Bonchev–Trinajstić information content (AvgIpc) is 3.23. The van der Waals surface area contributed by atoms with E-state index in [1.54, 1.807) is 23.1 Å². The number of nitrogens with one attached hydrogen (secondary N) is 1. The minimum atomic E-state index is -3.83. The van der Waals surface area contributed by atoms with Crippen molar-refractivity contribution >= 4 is 27.3 Å². The van der Waals surface area contributed by atoms with E-state index in [1.165, 1.54) is 13.0 Å². The van der Waals surface area contributed by atoms with Gasteiger partial charge in [0.15, 0.2) is 0 Å². The highest BCUT2D eigenvalue weighted by Gasteiger charge is 2.27. The van der Waals surface area contributed by atoms with Crippen molar-refractivity contribution in [2.24, 2.45) is 0 Å². The van der Waals surface area contributed by atoms with Crippen LogP contribution in [0.15, 0.2) is 35.2 Å². The van der Waals surface area contributed by atoms with E-state index in [2.05, 4.69) is 4.72 Å². The molecule has 8 heteroatoms. The average molecular weight is 416 g/mol. The maximum Gasteiger partial charge on any atom is 0.262 e. The van der Waals surface area contributed by atoms with Crippen molar-refractivity contribution in [1.29, 1.82) is 0 Å². The Morgan fingerprint density at radius 1 is 1.28 bits per heavy atom. The molecule has 2 aromatic rings. The highest BCUT2D eigenvalue weighted by atomic mass is 32.2. The van der Waals surface area contributed by atoms with Gasteiger partial charge in [-0.15, -0.1) is 0 Å². The van der Waals surface area contributed by atoms with Gasteiger partial charge < -0.3 is 14.4 Å². The van der Waals surface area contributed by atoms with Gasteiger partial charge in [-0.3, -0.25) is 9.52 Å². The van der Waals surface area contributed by atoms with Gasteiger partial charge in [0, 0.05) is 37.2 Å². The van der Waals surface area contributed by atoms with Crippen LogP contribution in [0.25, 0.3) is 0 Å². The number of fused-ring (bicyclic) bond motifs is 2.